The van der Waals surface area contributed by atoms with Crippen molar-refractivity contribution < 1.29 is 14.3 Å². The van der Waals surface area contributed by atoms with Crippen LogP contribution >= 0.6 is 0 Å². The third kappa shape index (κ3) is 2.79. The number of carboxylic acids is 1. The van der Waals surface area contributed by atoms with Crippen molar-refractivity contribution in [3.8, 4) is 11.8 Å². The molecule has 3 N–H and O–H groups in total. The Morgan fingerprint density at radius 1 is 1.57 bits per heavy atom. The third-order valence-electron chi connectivity index (χ3n) is 1.48. The normalized spacial score (nSPS) is 8.93. The number of benzene rings is 1. The summed E-state index contributed by atoms with van der Waals surface area (Å²) in [6.07, 6.45) is -0.253. The number of hydrogen-bond acceptors (Lipinski definition) is 2. The molecular weight excluding hydrogens is 185 g/mol. The molecule has 0 fully saturated rings. The molecule has 0 bridgehead atoms. The van der Waals surface area contributed by atoms with Gasteiger partial charge in [-0.25, -0.2) is 4.39 Å². The highest BCUT2D eigenvalue weighted by Crippen LogP contribution is 2.11. The van der Waals surface area contributed by atoms with Gasteiger partial charge in [0.2, 0.25) is 0 Å². The number of nitrogens with two attached hydrogens (primary N) is 1. The number of carboxylic acid groups (broad SMARTS) is 1. The second-order valence-corrected chi connectivity index (χ2v) is 2.60. The van der Waals surface area contributed by atoms with E-state index in [-0.39, 0.29) is 12.1 Å². The lowest BCUT2D eigenvalue weighted by atomic mass is 10.2. The highest BCUT2D eigenvalue weighted by atomic mass is 19.1. The van der Waals surface area contributed by atoms with Gasteiger partial charge in [0.05, 0.1) is 5.69 Å². The van der Waals surface area contributed by atoms with Crippen LogP contribution in [0.4, 0.5) is 10.1 Å². The maximum atomic E-state index is 12.6. The molecule has 0 unspecified atom stereocenters. The van der Waals surface area contributed by atoms with Crippen LogP contribution in [-0.4, -0.2) is 11.1 Å². The monoisotopic (exact) mass is 193 g/mol. The maximum Gasteiger partial charge on any atom is 0.315 e. The largest absolute Gasteiger partial charge is 0.481 e. The summed E-state index contributed by atoms with van der Waals surface area (Å²) in [5.41, 5.74) is 6.10. The van der Waals surface area contributed by atoms with Crippen molar-refractivity contribution in [3.63, 3.8) is 0 Å². The molecule has 72 valence electrons. The van der Waals surface area contributed by atoms with Gasteiger partial charge in [0.15, 0.2) is 0 Å². The molecule has 0 radical (unpaired) electrons. The van der Waals surface area contributed by atoms with E-state index in [0.717, 1.165) is 6.07 Å². The number of aliphatic carboxylic acids is 1. The summed E-state index contributed by atoms with van der Waals surface area (Å²) in [4.78, 5) is 10.1. The van der Waals surface area contributed by atoms with Crippen molar-refractivity contribution in [1.82, 2.24) is 0 Å². The van der Waals surface area contributed by atoms with Crippen LogP contribution in [0.15, 0.2) is 18.2 Å². The fourth-order valence-electron chi connectivity index (χ4n) is 0.862. The highest BCUT2D eigenvalue weighted by molar-refractivity contribution is 5.70. The van der Waals surface area contributed by atoms with Crippen molar-refractivity contribution in [2.75, 3.05) is 5.73 Å². The van der Waals surface area contributed by atoms with Crippen LogP contribution in [0.25, 0.3) is 0 Å². The topological polar surface area (TPSA) is 63.3 Å². The predicted octanol–water partition coefficient (Wildman–Crippen LogP) is 1.23. The Balaban J connectivity index is 2.85. The van der Waals surface area contributed by atoms with Crippen LogP contribution < -0.4 is 5.73 Å². The lowest BCUT2D eigenvalue weighted by Crippen LogP contribution is -1.93. The number of halogens is 1. The van der Waals surface area contributed by atoms with E-state index in [1.165, 1.54) is 12.1 Å². The summed E-state index contributed by atoms with van der Waals surface area (Å²) in [7, 11) is 0. The average Bonchev–Trinajstić information content (AvgIpc) is 2.08. The molecule has 0 spiro atoms. The smallest absolute Gasteiger partial charge is 0.315 e. The fourth-order valence-corrected chi connectivity index (χ4v) is 0.862. The number of hydrogen-bond donors (Lipinski definition) is 2. The summed E-state index contributed by atoms with van der Waals surface area (Å²) >= 11 is 0. The molecule has 1 aromatic rings. The molecule has 0 heterocycles. The van der Waals surface area contributed by atoms with Crippen molar-refractivity contribution in [3.05, 3.63) is 29.6 Å². The molecule has 1 rings (SSSR count). The van der Waals surface area contributed by atoms with Gasteiger partial charge in [0, 0.05) is 5.56 Å². The number of anilines is 1. The van der Waals surface area contributed by atoms with Crippen LogP contribution in [0.1, 0.15) is 12.0 Å². The van der Waals surface area contributed by atoms with Crippen LogP contribution in [0.2, 0.25) is 0 Å². The van der Waals surface area contributed by atoms with Crippen molar-refractivity contribution in [2.24, 2.45) is 0 Å². The fraction of sp³-hybridized carbons (Fsp3) is 0.100. The summed E-state index contributed by atoms with van der Waals surface area (Å²) in [6, 6.07) is 3.78. The lowest BCUT2D eigenvalue weighted by Gasteiger charge is -1.96. The van der Waals surface area contributed by atoms with E-state index in [4.69, 9.17) is 10.8 Å². The first-order chi connectivity index (χ1) is 6.59. The van der Waals surface area contributed by atoms with Crippen LogP contribution in [0, 0.1) is 17.7 Å². The van der Waals surface area contributed by atoms with Gasteiger partial charge >= 0.3 is 5.97 Å². The van der Waals surface area contributed by atoms with Gasteiger partial charge in [0.25, 0.3) is 0 Å². The van der Waals surface area contributed by atoms with Crippen LogP contribution in [0.5, 0.6) is 0 Å². The van der Waals surface area contributed by atoms with Gasteiger partial charge in [0.1, 0.15) is 12.2 Å². The zero-order valence-corrected chi connectivity index (χ0v) is 7.25. The van der Waals surface area contributed by atoms with Gasteiger partial charge in [-0.15, -0.1) is 0 Å². The molecule has 0 amide bonds. The molecule has 0 aromatic heterocycles. The molecular formula is C10H8FNO2. The van der Waals surface area contributed by atoms with E-state index in [2.05, 4.69) is 11.8 Å². The van der Waals surface area contributed by atoms with E-state index in [1.54, 1.807) is 0 Å². The summed E-state index contributed by atoms with van der Waals surface area (Å²) in [5, 5.41) is 8.31. The van der Waals surface area contributed by atoms with E-state index in [0.29, 0.717) is 5.56 Å². The highest BCUT2D eigenvalue weighted by Gasteiger charge is 1.97. The minimum Gasteiger partial charge on any atom is -0.481 e. The van der Waals surface area contributed by atoms with E-state index < -0.39 is 11.8 Å². The Labute approximate surface area is 80.4 Å². The minimum absolute atomic E-state index is 0.211. The molecule has 0 aliphatic heterocycles. The quantitative estimate of drug-likeness (QED) is 0.521. The van der Waals surface area contributed by atoms with E-state index in [1.807, 2.05) is 0 Å². The van der Waals surface area contributed by atoms with Crippen LogP contribution in [0.3, 0.4) is 0 Å². The predicted molar refractivity (Wildman–Crippen MR) is 49.9 cm³/mol. The average molecular weight is 193 g/mol. The van der Waals surface area contributed by atoms with Crippen molar-refractivity contribution >= 4 is 11.7 Å². The molecule has 0 aliphatic carbocycles. The first-order valence-corrected chi connectivity index (χ1v) is 3.85. The zero-order chi connectivity index (χ0) is 10.6. The summed E-state index contributed by atoms with van der Waals surface area (Å²) in [6.45, 7) is 0. The second-order valence-electron chi connectivity index (χ2n) is 2.60. The standard InChI is InChI=1S/C10H8FNO2/c11-8-5-4-7(9(12)6-8)2-1-3-10(13)14/h4-6H,3,12H2,(H,13,14). The Bertz CT molecular complexity index is 418. The zero-order valence-electron chi connectivity index (χ0n) is 7.25. The first kappa shape index (κ1) is 10.1. The van der Waals surface area contributed by atoms with Gasteiger partial charge < -0.3 is 10.8 Å². The van der Waals surface area contributed by atoms with Gasteiger partial charge in [-0.3, -0.25) is 4.79 Å². The van der Waals surface area contributed by atoms with Crippen molar-refractivity contribution in [2.45, 2.75) is 6.42 Å². The second kappa shape index (κ2) is 4.28. The molecule has 3 nitrogen and oxygen atoms in total. The minimum atomic E-state index is -1.00. The third-order valence-corrected chi connectivity index (χ3v) is 1.48. The summed E-state index contributed by atoms with van der Waals surface area (Å²) < 4.78 is 12.6. The van der Waals surface area contributed by atoms with E-state index >= 15 is 0 Å². The Morgan fingerprint density at radius 2 is 2.29 bits per heavy atom. The summed E-state index contributed by atoms with van der Waals surface area (Å²) in [5.74, 6) is 3.52. The van der Waals surface area contributed by atoms with Crippen LogP contribution in [-0.2, 0) is 4.79 Å². The van der Waals surface area contributed by atoms with Crippen molar-refractivity contribution in [1.29, 1.82) is 0 Å². The molecule has 1 aromatic carbocycles. The Morgan fingerprint density at radius 3 is 2.86 bits per heavy atom. The molecule has 0 saturated heterocycles. The Hall–Kier alpha value is -2.02. The number of nitrogen functional groups attached to an aromatic ring is 1. The van der Waals surface area contributed by atoms with E-state index in [9.17, 15) is 9.18 Å². The number of rotatable bonds is 1. The molecule has 4 heteroatoms. The van der Waals surface area contributed by atoms with Gasteiger partial charge in [-0.05, 0) is 18.2 Å². The van der Waals surface area contributed by atoms with Gasteiger partial charge in [-0.1, -0.05) is 11.8 Å². The number of carbonyl (C=O) groups is 1. The molecule has 0 saturated carbocycles. The maximum absolute atomic E-state index is 12.6. The Kier molecular flexibility index (Phi) is 3.08. The first-order valence-electron chi connectivity index (χ1n) is 3.85. The van der Waals surface area contributed by atoms with Gasteiger partial charge in [-0.2, -0.15) is 0 Å². The lowest BCUT2D eigenvalue weighted by molar-refractivity contribution is -0.135. The molecule has 0 atom stereocenters. The molecule has 0 aliphatic rings. The molecule has 14 heavy (non-hydrogen) atoms. The SMILES string of the molecule is Nc1cc(F)ccc1C#CCC(=O)O.